The Balaban J connectivity index is 2.85. The van der Waals surface area contributed by atoms with Gasteiger partial charge in [-0.1, -0.05) is 30.3 Å². The van der Waals surface area contributed by atoms with Crippen LogP contribution in [0.2, 0.25) is 0 Å². The molecule has 0 aliphatic carbocycles. The maximum atomic E-state index is 10.3. The number of aliphatic carboxylic acids is 1. The van der Waals surface area contributed by atoms with E-state index in [2.05, 4.69) is 0 Å². The summed E-state index contributed by atoms with van der Waals surface area (Å²) >= 11 is 5.48. The molecule has 0 spiro atoms. The average Bonchev–Trinajstić information content (AvgIpc) is 2.05. The van der Waals surface area contributed by atoms with Crippen molar-refractivity contribution in [3.05, 3.63) is 35.9 Å². The number of benzene rings is 1. The van der Waals surface area contributed by atoms with Crippen LogP contribution >= 0.6 is 11.6 Å². The van der Waals surface area contributed by atoms with Crippen LogP contribution in [-0.2, 0) is 4.79 Å². The predicted molar refractivity (Wildman–Crippen MR) is 40.0 cm³/mol. The zero-order valence-corrected chi connectivity index (χ0v) is 6.41. The van der Waals surface area contributed by atoms with Gasteiger partial charge in [-0.15, -0.1) is 11.6 Å². The minimum Gasteiger partial charge on any atom is -0.548 e. The topological polar surface area (TPSA) is 40.1 Å². The highest BCUT2D eigenvalue weighted by atomic mass is 35.5. The molecule has 2 nitrogen and oxygen atoms in total. The average molecular weight is 170 g/mol. The number of halogens is 1. The molecule has 1 rings (SSSR count). The summed E-state index contributed by atoms with van der Waals surface area (Å²) in [6.07, 6.45) is 0. The fourth-order valence-corrected chi connectivity index (χ4v) is 0.904. The predicted octanol–water partition coefficient (Wildman–Crippen LogP) is 0.716. The van der Waals surface area contributed by atoms with Gasteiger partial charge in [0.2, 0.25) is 0 Å². The van der Waals surface area contributed by atoms with Crippen LogP contribution in [0, 0.1) is 0 Å². The third kappa shape index (κ3) is 1.95. The van der Waals surface area contributed by atoms with Crippen molar-refractivity contribution < 1.29 is 9.90 Å². The minimum atomic E-state index is -1.27. The van der Waals surface area contributed by atoms with E-state index in [4.69, 9.17) is 11.6 Å². The quantitative estimate of drug-likeness (QED) is 0.612. The summed E-state index contributed by atoms with van der Waals surface area (Å²) in [5, 5.41) is 9.21. The van der Waals surface area contributed by atoms with E-state index < -0.39 is 11.3 Å². The number of carboxylic acid groups (broad SMARTS) is 1. The molecule has 58 valence electrons. The Morgan fingerprint density at radius 1 is 1.36 bits per heavy atom. The lowest BCUT2D eigenvalue weighted by Gasteiger charge is -2.09. The summed E-state index contributed by atoms with van der Waals surface area (Å²) in [5.74, 6) is -1.27. The van der Waals surface area contributed by atoms with Crippen LogP contribution in [0.5, 0.6) is 0 Å². The minimum absolute atomic E-state index is 0.550. The second-order valence-corrected chi connectivity index (χ2v) is 2.53. The highest BCUT2D eigenvalue weighted by molar-refractivity contribution is 6.29. The molecule has 0 amide bonds. The molecule has 0 saturated carbocycles. The lowest BCUT2D eigenvalue weighted by molar-refractivity contribution is -0.305. The summed E-state index contributed by atoms with van der Waals surface area (Å²) in [6, 6.07) is 8.55. The molecule has 0 aliphatic heterocycles. The second kappa shape index (κ2) is 3.39. The Morgan fingerprint density at radius 2 is 1.91 bits per heavy atom. The maximum Gasteiger partial charge on any atom is 0.0979 e. The molecule has 1 aromatic rings. The van der Waals surface area contributed by atoms with Gasteiger partial charge in [0.15, 0.2) is 0 Å². The van der Waals surface area contributed by atoms with Gasteiger partial charge in [-0.05, 0) is 5.56 Å². The molecule has 0 fully saturated rings. The number of carbonyl (C=O) groups is 1. The first kappa shape index (κ1) is 8.08. The highest BCUT2D eigenvalue weighted by Crippen LogP contribution is 2.18. The number of carboxylic acids is 1. The molecule has 1 unspecified atom stereocenters. The van der Waals surface area contributed by atoms with Crippen LogP contribution in [0.25, 0.3) is 0 Å². The molecule has 11 heavy (non-hydrogen) atoms. The first-order valence-electron chi connectivity index (χ1n) is 3.11. The van der Waals surface area contributed by atoms with Gasteiger partial charge in [0.05, 0.1) is 11.3 Å². The molecule has 1 aromatic carbocycles. The summed E-state index contributed by atoms with van der Waals surface area (Å²) < 4.78 is 0. The molecule has 0 N–H and O–H groups in total. The van der Waals surface area contributed by atoms with Gasteiger partial charge in [0.25, 0.3) is 0 Å². The van der Waals surface area contributed by atoms with Crippen molar-refractivity contribution in [2.45, 2.75) is 5.38 Å². The fourth-order valence-electron chi connectivity index (χ4n) is 0.758. The van der Waals surface area contributed by atoms with E-state index in [0.717, 1.165) is 0 Å². The summed E-state index contributed by atoms with van der Waals surface area (Å²) in [7, 11) is 0. The Bertz CT molecular complexity index is 246. The fraction of sp³-hybridized carbons (Fsp3) is 0.125. The second-order valence-electron chi connectivity index (χ2n) is 2.09. The number of hydrogen-bond acceptors (Lipinski definition) is 2. The van der Waals surface area contributed by atoms with E-state index in [0.29, 0.717) is 5.56 Å². The molecular weight excluding hydrogens is 164 g/mol. The Labute approximate surface area is 69.4 Å². The number of alkyl halides is 1. The summed E-state index contributed by atoms with van der Waals surface area (Å²) in [4.78, 5) is 10.3. The van der Waals surface area contributed by atoms with Gasteiger partial charge in [0, 0.05) is 0 Å². The third-order valence-corrected chi connectivity index (χ3v) is 1.73. The normalized spacial score (nSPS) is 12.5. The van der Waals surface area contributed by atoms with Crippen LogP contribution in [0.3, 0.4) is 0 Å². The molecule has 0 saturated heterocycles. The number of carbonyl (C=O) groups excluding carboxylic acids is 1. The molecule has 1 atom stereocenters. The first-order valence-corrected chi connectivity index (χ1v) is 3.55. The van der Waals surface area contributed by atoms with E-state index in [1.54, 1.807) is 30.3 Å². The first-order chi connectivity index (χ1) is 5.22. The van der Waals surface area contributed by atoms with Crippen LogP contribution in [0.4, 0.5) is 0 Å². The van der Waals surface area contributed by atoms with Gasteiger partial charge >= 0.3 is 0 Å². The standard InChI is InChI=1S/C8H7ClO2/c9-7(8(10)11)6-4-2-1-3-5-6/h1-5,7H,(H,10,11)/p-1. The van der Waals surface area contributed by atoms with Crippen molar-refractivity contribution in [1.29, 1.82) is 0 Å². The van der Waals surface area contributed by atoms with Crippen molar-refractivity contribution in [1.82, 2.24) is 0 Å². The van der Waals surface area contributed by atoms with Gasteiger partial charge in [-0.3, -0.25) is 0 Å². The van der Waals surface area contributed by atoms with Gasteiger partial charge in [-0.25, -0.2) is 0 Å². The molecule has 0 aromatic heterocycles. The van der Waals surface area contributed by atoms with Gasteiger partial charge in [0.1, 0.15) is 0 Å². The Kier molecular flexibility index (Phi) is 2.49. The van der Waals surface area contributed by atoms with Gasteiger partial charge < -0.3 is 9.90 Å². The number of hydrogen-bond donors (Lipinski definition) is 0. The SMILES string of the molecule is O=C([O-])C(Cl)c1ccccc1. The van der Waals surface area contributed by atoms with Crippen LogP contribution in [0.15, 0.2) is 30.3 Å². The largest absolute Gasteiger partial charge is 0.548 e. The van der Waals surface area contributed by atoms with Crippen molar-refractivity contribution in [3.63, 3.8) is 0 Å². The van der Waals surface area contributed by atoms with Crippen molar-refractivity contribution in [3.8, 4) is 0 Å². The Morgan fingerprint density at radius 3 is 2.36 bits per heavy atom. The van der Waals surface area contributed by atoms with Crippen LogP contribution in [-0.4, -0.2) is 5.97 Å². The van der Waals surface area contributed by atoms with E-state index in [1.165, 1.54) is 0 Å². The zero-order valence-electron chi connectivity index (χ0n) is 5.66. The molecular formula is C8H6ClO2-. The molecule has 0 heterocycles. The number of rotatable bonds is 2. The lowest BCUT2D eigenvalue weighted by atomic mass is 10.1. The van der Waals surface area contributed by atoms with Gasteiger partial charge in [-0.2, -0.15) is 0 Å². The lowest BCUT2D eigenvalue weighted by Crippen LogP contribution is -2.26. The highest BCUT2D eigenvalue weighted by Gasteiger charge is 2.06. The van der Waals surface area contributed by atoms with Crippen LogP contribution < -0.4 is 5.11 Å². The van der Waals surface area contributed by atoms with Crippen LogP contribution in [0.1, 0.15) is 10.9 Å². The van der Waals surface area contributed by atoms with E-state index >= 15 is 0 Å². The van der Waals surface area contributed by atoms with E-state index in [1.807, 2.05) is 0 Å². The monoisotopic (exact) mass is 169 g/mol. The maximum absolute atomic E-state index is 10.3. The van der Waals surface area contributed by atoms with E-state index in [-0.39, 0.29) is 0 Å². The van der Waals surface area contributed by atoms with Crippen molar-refractivity contribution >= 4 is 17.6 Å². The molecule has 0 radical (unpaired) electrons. The van der Waals surface area contributed by atoms with Crippen molar-refractivity contribution in [2.75, 3.05) is 0 Å². The molecule has 0 aliphatic rings. The summed E-state index contributed by atoms with van der Waals surface area (Å²) in [6.45, 7) is 0. The molecule has 0 bridgehead atoms. The smallest absolute Gasteiger partial charge is 0.0979 e. The zero-order chi connectivity index (χ0) is 8.27. The van der Waals surface area contributed by atoms with E-state index in [9.17, 15) is 9.90 Å². The summed E-state index contributed by atoms with van der Waals surface area (Å²) in [5.41, 5.74) is 0.550. The Hall–Kier alpha value is -1.02. The van der Waals surface area contributed by atoms with Crippen molar-refractivity contribution in [2.24, 2.45) is 0 Å². The third-order valence-electron chi connectivity index (χ3n) is 1.30. The molecule has 3 heteroatoms.